The molecule has 0 atom stereocenters. The summed E-state index contributed by atoms with van der Waals surface area (Å²) in [5, 5.41) is 14.5. The van der Waals surface area contributed by atoms with Crippen molar-refractivity contribution in [2.45, 2.75) is 6.92 Å². The number of nitro groups is 1. The molecule has 0 aliphatic carbocycles. The number of aromatic nitrogens is 2. The molecule has 1 aromatic carbocycles. The van der Waals surface area contributed by atoms with Crippen molar-refractivity contribution in [2.24, 2.45) is 7.05 Å². The van der Waals surface area contributed by atoms with Gasteiger partial charge in [0.25, 0.3) is 11.2 Å². The SMILES string of the molecule is Cc1cc(OC(=O)c2ccc(=O)n(C)n2)ccc1[N+](=O)[O-]. The molecule has 1 heterocycles. The molecule has 0 fully saturated rings. The zero-order valence-electron chi connectivity index (χ0n) is 11.3. The lowest BCUT2D eigenvalue weighted by Crippen LogP contribution is -2.22. The first-order valence-corrected chi connectivity index (χ1v) is 5.90. The summed E-state index contributed by atoms with van der Waals surface area (Å²) >= 11 is 0. The van der Waals surface area contributed by atoms with Crippen LogP contribution < -0.4 is 10.3 Å². The number of carbonyl (C=O) groups excluding carboxylic acids is 1. The van der Waals surface area contributed by atoms with E-state index in [1.807, 2.05) is 0 Å². The van der Waals surface area contributed by atoms with Crippen LogP contribution in [0.3, 0.4) is 0 Å². The van der Waals surface area contributed by atoms with Gasteiger partial charge in [-0.3, -0.25) is 14.9 Å². The van der Waals surface area contributed by atoms with Crippen molar-refractivity contribution in [1.29, 1.82) is 0 Å². The summed E-state index contributed by atoms with van der Waals surface area (Å²) in [5.41, 5.74) is -0.0698. The summed E-state index contributed by atoms with van der Waals surface area (Å²) < 4.78 is 6.08. The Balaban J connectivity index is 2.23. The summed E-state index contributed by atoms with van der Waals surface area (Å²) in [4.78, 5) is 33.2. The van der Waals surface area contributed by atoms with Gasteiger partial charge in [-0.25, -0.2) is 9.48 Å². The summed E-state index contributed by atoms with van der Waals surface area (Å²) in [6, 6.07) is 6.42. The Morgan fingerprint density at radius 2 is 2.05 bits per heavy atom. The van der Waals surface area contributed by atoms with E-state index in [9.17, 15) is 19.7 Å². The lowest BCUT2D eigenvalue weighted by atomic mass is 10.2. The minimum atomic E-state index is -0.751. The molecule has 0 bridgehead atoms. The van der Waals surface area contributed by atoms with Crippen LogP contribution in [0.4, 0.5) is 5.69 Å². The molecule has 0 radical (unpaired) electrons. The van der Waals surface area contributed by atoms with Crippen molar-refractivity contribution in [2.75, 3.05) is 0 Å². The van der Waals surface area contributed by atoms with E-state index < -0.39 is 10.9 Å². The van der Waals surface area contributed by atoms with Crippen LogP contribution in [0.25, 0.3) is 0 Å². The molecule has 0 unspecified atom stereocenters. The Kier molecular flexibility index (Phi) is 3.79. The topological polar surface area (TPSA) is 104 Å². The molecule has 108 valence electrons. The van der Waals surface area contributed by atoms with Crippen molar-refractivity contribution in [1.82, 2.24) is 9.78 Å². The molecule has 0 N–H and O–H groups in total. The van der Waals surface area contributed by atoms with Crippen LogP contribution in [0, 0.1) is 17.0 Å². The second-order valence-corrected chi connectivity index (χ2v) is 4.28. The van der Waals surface area contributed by atoms with E-state index in [4.69, 9.17) is 4.74 Å². The summed E-state index contributed by atoms with van der Waals surface area (Å²) in [7, 11) is 1.41. The van der Waals surface area contributed by atoms with Crippen molar-refractivity contribution in [3.63, 3.8) is 0 Å². The zero-order chi connectivity index (χ0) is 15.6. The third-order valence-electron chi connectivity index (χ3n) is 2.75. The Hall–Kier alpha value is -3.03. The molecule has 8 nitrogen and oxygen atoms in total. The van der Waals surface area contributed by atoms with Crippen LogP contribution in [-0.2, 0) is 7.05 Å². The molecular formula is C13H11N3O5. The Morgan fingerprint density at radius 3 is 2.62 bits per heavy atom. The molecule has 2 rings (SSSR count). The standard InChI is InChI=1S/C13H11N3O5/c1-8-7-9(3-5-11(8)16(19)20)21-13(18)10-4-6-12(17)15(2)14-10/h3-7H,1-2H3. The number of ether oxygens (including phenoxy) is 1. The van der Waals surface area contributed by atoms with Gasteiger partial charge in [0.2, 0.25) is 0 Å². The quantitative estimate of drug-likeness (QED) is 0.364. The van der Waals surface area contributed by atoms with Crippen molar-refractivity contribution in [3.8, 4) is 5.75 Å². The predicted molar refractivity (Wildman–Crippen MR) is 72.3 cm³/mol. The van der Waals surface area contributed by atoms with Crippen LogP contribution in [-0.4, -0.2) is 20.7 Å². The highest BCUT2D eigenvalue weighted by atomic mass is 16.6. The fourth-order valence-corrected chi connectivity index (χ4v) is 1.67. The van der Waals surface area contributed by atoms with E-state index in [0.29, 0.717) is 5.56 Å². The van der Waals surface area contributed by atoms with E-state index >= 15 is 0 Å². The highest BCUT2D eigenvalue weighted by Crippen LogP contribution is 2.23. The van der Waals surface area contributed by atoms with Crippen LogP contribution >= 0.6 is 0 Å². The highest BCUT2D eigenvalue weighted by molar-refractivity contribution is 5.88. The summed E-state index contributed by atoms with van der Waals surface area (Å²) in [6.07, 6.45) is 0. The van der Waals surface area contributed by atoms with Gasteiger partial charge in [0.05, 0.1) is 4.92 Å². The highest BCUT2D eigenvalue weighted by Gasteiger charge is 2.15. The molecule has 0 saturated heterocycles. The van der Waals surface area contributed by atoms with E-state index in [2.05, 4.69) is 5.10 Å². The normalized spacial score (nSPS) is 10.2. The molecule has 0 amide bonds. The molecule has 2 aromatic rings. The zero-order valence-corrected chi connectivity index (χ0v) is 11.3. The maximum Gasteiger partial charge on any atom is 0.364 e. The Labute approximate surface area is 118 Å². The van der Waals surface area contributed by atoms with Crippen molar-refractivity contribution < 1.29 is 14.5 Å². The number of benzene rings is 1. The van der Waals surface area contributed by atoms with Crippen molar-refractivity contribution >= 4 is 11.7 Å². The Bertz CT molecular complexity index is 782. The van der Waals surface area contributed by atoms with Gasteiger partial charge in [-0.2, -0.15) is 5.10 Å². The van der Waals surface area contributed by atoms with Gasteiger partial charge in [-0.15, -0.1) is 0 Å². The van der Waals surface area contributed by atoms with E-state index in [1.54, 1.807) is 6.92 Å². The van der Waals surface area contributed by atoms with Gasteiger partial charge in [0.15, 0.2) is 5.69 Å². The first-order chi connectivity index (χ1) is 9.88. The van der Waals surface area contributed by atoms with Crippen LogP contribution in [0.5, 0.6) is 5.75 Å². The minimum Gasteiger partial charge on any atom is -0.422 e. The number of esters is 1. The molecule has 0 aliphatic heterocycles. The summed E-state index contributed by atoms with van der Waals surface area (Å²) in [6.45, 7) is 1.54. The number of nitro benzene ring substituents is 1. The molecule has 0 aliphatic rings. The number of nitrogens with zero attached hydrogens (tertiary/aromatic N) is 3. The third-order valence-corrected chi connectivity index (χ3v) is 2.75. The van der Waals surface area contributed by atoms with E-state index in [-0.39, 0.29) is 22.7 Å². The largest absolute Gasteiger partial charge is 0.422 e. The molecule has 1 aromatic heterocycles. The van der Waals surface area contributed by atoms with Crippen LogP contribution in [0.1, 0.15) is 16.1 Å². The molecule has 8 heteroatoms. The smallest absolute Gasteiger partial charge is 0.364 e. The van der Waals surface area contributed by atoms with Gasteiger partial charge < -0.3 is 4.74 Å². The molecule has 0 saturated carbocycles. The number of rotatable bonds is 3. The average molecular weight is 289 g/mol. The monoisotopic (exact) mass is 289 g/mol. The number of aryl methyl sites for hydroxylation is 2. The summed E-state index contributed by atoms with van der Waals surface area (Å²) in [5.74, 6) is -0.586. The second kappa shape index (κ2) is 5.53. The van der Waals surface area contributed by atoms with Gasteiger partial charge in [-0.1, -0.05) is 0 Å². The van der Waals surface area contributed by atoms with Crippen LogP contribution in [0.2, 0.25) is 0 Å². The first-order valence-electron chi connectivity index (χ1n) is 5.90. The van der Waals surface area contributed by atoms with Crippen LogP contribution in [0.15, 0.2) is 35.1 Å². The Morgan fingerprint density at radius 1 is 1.33 bits per heavy atom. The van der Waals surface area contributed by atoms with Gasteiger partial charge >= 0.3 is 5.97 Å². The van der Waals surface area contributed by atoms with Gasteiger partial charge in [-0.05, 0) is 25.1 Å². The minimum absolute atomic E-state index is 0.0342. The first kappa shape index (κ1) is 14.4. The lowest BCUT2D eigenvalue weighted by Gasteiger charge is -2.05. The number of hydrogen-bond acceptors (Lipinski definition) is 6. The number of hydrogen-bond donors (Lipinski definition) is 0. The lowest BCUT2D eigenvalue weighted by molar-refractivity contribution is -0.385. The molecular weight excluding hydrogens is 278 g/mol. The fourth-order valence-electron chi connectivity index (χ4n) is 1.67. The average Bonchev–Trinajstić information content (AvgIpc) is 2.41. The number of carbonyl (C=O) groups is 1. The molecule has 0 spiro atoms. The maximum absolute atomic E-state index is 11.9. The third kappa shape index (κ3) is 3.11. The van der Waals surface area contributed by atoms with Gasteiger partial charge in [0.1, 0.15) is 5.75 Å². The van der Waals surface area contributed by atoms with Crippen molar-refractivity contribution in [3.05, 3.63) is 62.1 Å². The predicted octanol–water partition coefficient (Wildman–Crippen LogP) is 1.22. The maximum atomic E-state index is 11.9. The van der Waals surface area contributed by atoms with Gasteiger partial charge in [0, 0.05) is 24.7 Å². The molecule has 21 heavy (non-hydrogen) atoms. The second-order valence-electron chi connectivity index (χ2n) is 4.28. The fraction of sp³-hybridized carbons (Fsp3) is 0.154. The van der Waals surface area contributed by atoms with E-state index in [1.165, 1.54) is 37.4 Å². The van der Waals surface area contributed by atoms with E-state index in [0.717, 1.165) is 4.68 Å².